The van der Waals surface area contributed by atoms with Gasteiger partial charge in [-0.25, -0.2) is 14.2 Å². The van der Waals surface area contributed by atoms with Crippen molar-refractivity contribution in [2.24, 2.45) is 0 Å². The molecule has 0 saturated carbocycles. The zero-order valence-corrected chi connectivity index (χ0v) is 12.8. The molecule has 0 unspecified atom stereocenters. The number of piperazine rings is 1. The normalized spacial score (nSPS) is 15.2. The predicted octanol–water partition coefficient (Wildman–Crippen LogP) is 2.93. The van der Waals surface area contributed by atoms with Crippen LogP contribution >= 0.6 is 11.6 Å². The third-order valence-corrected chi connectivity index (χ3v) is 3.61. The van der Waals surface area contributed by atoms with Crippen molar-refractivity contribution in [2.45, 2.75) is 19.8 Å². The molecule has 0 N–H and O–H groups in total. The molecule has 2 rings (SSSR count). The Morgan fingerprint density at radius 2 is 2.14 bits per heavy atom. The van der Waals surface area contributed by atoms with Crippen molar-refractivity contribution < 1.29 is 13.9 Å². The largest absolute Gasteiger partial charge is 0.449 e. The molecule has 0 aromatic carbocycles. The topological polar surface area (TPSA) is 45.7 Å². The minimum atomic E-state index is -0.404. The maximum atomic E-state index is 13.7. The molecule has 1 aromatic rings. The van der Waals surface area contributed by atoms with Gasteiger partial charge >= 0.3 is 6.09 Å². The molecule has 1 aliphatic heterocycles. The van der Waals surface area contributed by atoms with E-state index in [9.17, 15) is 9.18 Å². The van der Waals surface area contributed by atoms with Crippen LogP contribution in [0.4, 0.5) is 14.9 Å². The maximum absolute atomic E-state index is 13.7. The van der Waals surface area contributed by atoms with E-state index < -0.39 is 5.82 Å². The van der Waals surface area contributed by atoms with Gasteiger partial charge in [-0.2, -0.15) is 0 Å². The van der Waals surface area contributed by atoms with Crippen LogP contribution < -0.4 is 4.90 Å². The first-order valence-electron chi connectivity index (χ1n) is 7.09. The van der Waals surface area contributed by atoms with Crippen molar-refractivity contribution >= 4 is 23.4 Å². The predicted molar refractivity (Wildman–Crippen MR) is 79.2 cm³/mol. The Kier molecular flexibility index (Phi) is 5.61. The van der Waals surface area contributed by atoms with Crippen LogP contribution in [0.5, 0.6) is 0 Å². The third kappa shape index (κ3) is 4.20. The molecule has 1 aliphatic rings. The van der Waals surface area contributed by atoms with Crippen molar-refractivity contribution in [1.29, 1.82) is 0 Å². The monoisotopic (exact) mass is 315 g/mol. The molecule has 0 aliphatic carbocycles. The van der Waals surface area contributed by atoms with Crippen LogP contribution in [0.3, 0.4) is 0 Å². The van der Waals surface area contributed by atoms with Gasteiger partial charge in [-0.15, -0.1) is 0 Å². The molecule has 7 heteroatoms. The number of pyridine rings is 1. The van der Waals surface area contributed by atoms with Gasteiger partial charge in [-0.3, -0.25) is 0 Å². The molecule has 0 atom stereocenters. The smallest absolute Gasteiger partial charge is 0.409 e. The first-order valence-corrected chi connectivity index (χ1v) is 7.47. The SMILES string of the molecule is CCCCOC(=O)N1CCN(c2cc(Cl)ncc2F)CC1. The van der Waals surface area contributed by atoms with Gasteiger partial charge in [-0.1, -0.05) is 24.9 Å². The molecule has 1 fully saturated rings. The van der Waals surface area contributed by atoms with Crippen LogP contribution in [0.2, 0.25) is 5.15 Å². The standard InChI is InChI=1S/C14H19ClFN3O2/c1-2-3-8-21-14(20)19-6-4-18(5-7-19)12-9-13(15)17-10-11(12)16/h9-10H,2-8H2,1H3. The Hall–Kier alpha value is -1.56. The summed E-state index contributed by atoms with van der Waals surface area (Å²) in [4.78, 5) is 19.0. The highest BCUT2D eigenvalue weighted by Gasteiger charge is 2.23. The van der Waals surface area contributed by atoms with E-state index in [-0.39, 0.29) is 11.2 Å². The number of amides is 1. The molecule has 0 spiro atoms. The molecule has 5 nitrogen and oxygen atoms in total. The molecular formula is C14H19ClFN3O2. The fourth-order valence-corrected chi connectivity index (χ4v) is 2.32. The van der Waals surface area contributed by atoms with E-state index in [0.717, 1.165) is 19.0 Å². The minimum Gasteiger partial charge on any atom is -0.449 e. The number of ether oxygens (including phenoxy) is 1. The number of anilines is 1. The van der Waals surface area contributed by atoms with Crippen LogP contribution in [-0.2, 0) is 4.74 Å². The fourth-order valence-electron chi connectivity index (χ4n) is 2.17. The van der Waals surface area contributed by atoms with E-state index in [0.29, 0.717) is 38.5 Å². The van der Waals surface area contributed by atoms with Gasteiger partial charge in [0, 0.05) is 32.2 Å². The van der Waals surface area contributed by atoms with E-state index in [1.165, 1.54) is 6.07 Å². The Labute approximate surface area is 128 Å². The van der Waals surface area contributed by atoms with Crippen molar-refractivity contribution in [3.05, 3.63) is 23.2 Å². The lowest BCUT2D eigenvalue weighted by atomic mass is 10.2. The Morgan fingerprint density at radius 3 is 2.81 bits per heavy atom. The second kappa shape index (κ2) is 7.45. The summed E-state index contributed by atoms with van der Waals surface area (Å²) in [7, 11) is 0. The van der Waals surface area contributed by atoms with Gasteiger partial charge in [-0.05, 0) is 6.42 Å². The van der Waals surface area contributed by atoms with E-state index in [1.54, 1.807) is 4.90 Å². The first-order chi connectivity index (χ1) is 10.1. The van der Waals surface area contributed by atoms with Crippen LogP contribution in [-0.4, -0.2) is 48.8 Å². The van der Waals surface area contributed by atoms with E-state index in [4.69, 9.17) is 16.3 Å². The summed E-state index contributed by atoms with van der Waals surface area (Å²) in [6.07, 6.45) is 2.68. The highest BCUT2D eigenvalue weighted by Crippen LogP contribution is 2.23. The Bertz CT molecular complexity index is 493. The summed E-state index contributed by atoms with van der Waals surface area (Å²) in [5.41, 5.74) is 0.425. The van der Waals surface area contributed by atoms with Crippen molar-refractivity contribution in [2.75, 3.05) is 37.7 Å². The summed E-state index contributed by atoms with van der Waals surface area (Å²) in [5, 5.41) is 0.257. The second-order valence-electron chi connectivity index (χ2n) is 4.90. The van der Waals surface area contributed by atoms with Crippen LogP contribution in [0.1, 0.15) is 19.8 Å². The van der Waals surface area contributed by atoms with Crippen molar-refractivity contribution in [3.8, 4) is 0 Å². The van der Waals surface area contributed by atoms with E-state index >= 15 is 0 Å². The number of carbonyl (C=O) groups excluding carboxylic acids is 1. The van der Waals surface area contributed by atoms with Gasteiger partial charge < -0.3 is 14.5 Å². The highest BCUT2D eigenvalue weighted by molar-refractivity contribution is 6.29. The highest BCUT2D eigenvalue weighted by atomic mass is 35.5. The van der Waals surface area contributed by atoms with Gasteiger partial charge in [0.25, 0.3) is 0 Å². The van der Waals surface area contributed by atoms with Crippen molar-refractivity contribution in [1.82, 2.24) is 9.88 Å². The van der Waals surface area contributed by atoms with E-state index in [2.05, 4.69) is 4.98 Å². The summed E-state index contributed by atoms with van der Waals surface area (Å²) in [6.45, 7) is 4.58. The lowest BCUT2D eigenvalue weighted by Gasteiger charge is -2.35. The Balaban J connectivity index is 1.88. The Morgan fingerprint density at radius 1 is 1.43 bits per heavy atom. The quantitative estimate of drug-likeness (QED) is 0.633. The molecule has 116 valence electrons. The number of halogens is 2. The maximum Gasteiger partial charge on any atom is 0.409 e. The number of hydrogen-bond donors (Lipinski definition) is 0. The zero-order chi connectivity index (χ0) is 15.2. The number of unbranched alkanes of at least 4 members (excludes halogenated alkanes) is 1. The van der Waals surface area contributed by atoms with Crippen LogP contribution in [0.15, 0.2) is 12.3 Å². The molecule has 0 radical (unpaired) electrons. The van der Waals surface area contributed by atoms with Gasteiger partial charge in [0.1, 0.15) is 5.15 Å². The molecule has 0 bridgehead atoms. The summed E-state index contributed by atoms with van der Waals surface area (Å²) >= 11 is 5.80. The lowest BCUT2D eigenvalue weighted by Crippen LogP contribution is -2.49. The van der Waals surface area contributed by atoms with Crippen molar-refractivity contribution in [3.63, 3.8) is 0 Å². The summed E-state index contributed by atoms with van der Waals surface area (Å²) in [6, 6.07) is 1.51. The average molecular weight is 316 g/mol. The number of rotatable bonds is 4. The third-order valence-electron chi connectivity index (χ3n) is 3.40. The number of nitrogens with zero attached hydrogens (tertiary/aromatic N) is 3. The van der Waals surface area contributed by atoms with Crippen LogP contribution in [0.25, 0.3) is 0 Å². The van der Waals surface area contributed by atoms with Gasteiger partial charge in [0.05, 0.1) is 18.5 Å². The molecule has 1 amide bonds. The number of carbonyl (C=O) groups is 1. The number of aromatic nitrogens is 1. The molecular weight excluding hydrogens is 297 g/mol. The molecule has 21 heavy (non-hydrogen) atoms. The van der Waals surface area contributed by atoms with Gasteiger partial charge in [0.2, 0.25) is 0 Å². The molecule has 1 aromatic heterocycles. The molecule has 2 heterocycles. The van der Waals surface area contributed by atoms with Crippen LogP contribution in [0, 0.1) is 5.82 Å². The first kappa shape index (κ1) is 15.8. The van der Waals surface area contributed by atoms with E-state index in [1.807, 2.05) is 11.8 Å². The second-order valence-corrected chi connectivity index (χ2v) is 5.29. The average Bonchev–Trinajstić information content (AvgIpc) is 2.50. The summed E-state index contributed by atoms with van der Waals surface area (Å²) < 4.78 is 18.9. The van der Waals surface area contributed by atoms with Gasteiger partial charge in [0.15, 0.2) is 5.82 Å². The molecule has 1 saturated heterocycles. The summed E-state index contributed by atoms with van der Waals surface area (Å²) in [5.74, 6) is -0.404. The zero-order valence-electron chi connectivity index (χ0n) is 12.0. The lowest BCUT2D eigenvalue weighted by molar-refractivity contribution is 0.0989. The minimum absolute atomic E-state index is 0.257. The number of hydrogen-bond acceptors (Lipinski definition) is 4. The fraction of sp³-hybridized carbons (Fsp3) is 0.571.